The van der Waals surface area contributed by atoms with Gasteiger partial charge >= 0.3 is 11.9 Å². The standard InChI is InChI=1S/C15H15NO7S/c1-9-6-12(10-4-2-3-5-11(10)15(9)21)24(22,23)16(7-13(17)18)8-14(19)20/h2-6,21H,7-8H2,1H3,(H,17,18)(H,19,20). The minimum Gasteiger partial charge on any atom is -0.507 e. The highest BCUT2D eigenvalue weighted by Crippen LogP contribution is 2.34. The first-order chi connectivity index (χ1) is 11.1. The first kappa shape index (κ1) is 17.7. The van der Waals surface area contributed by atoms with Crippen molar-refractivity contribution in [1.82, 2.24) is 4.31 Å². The Morgan fingerprint density at radius 3 is 2.04 bits per heavy atom. The molecule has 0 aromatic heterocycles. The Bertz CT molecular complexity index is 905. The predicted octanol–water partition coefficient (Wildman–Crippen LogP) is 1.01. The lowest BCUT2D eigenvalue weighted by molar-refractivity contribution is -0.139. The molecule has 24 heavy (non-hydrogen) atoms. The summed E-state index contributed by atoms with van der Waals surface area (Å²) in [5.74, 6) is -3.04. The van der Waals surface area contributed by atoms with Gasteiger partial charge in [0.2, 0.25) is 10.0 Å². The number of carboxylic acid groups (broad SMARTS) is 2. The summed E-state index contributed by atoms with van der Waals surface area (Å²) in [4.78, 5) is 21.6. The summed E-state index contributed by atoms with van der Waals surface area (Å²) in [6, 6.07) is 7.36. The van der Waals surface area contributed by atoms with E-state index in [0.29, 0.717) is 4.31 Å². The number of hydrogen-bond acceptors (Lipinski definition) is 5. The van der Waals surface area contributed by atoms with Crippen molar-refractivity contribution in [3.8, 4) is 5.75 Å². The lowest BCUT2D eigenvalue weighted by atomic mass is 10.1. The molecular formula is C15H15NO7S. The van der Waals surface area contributed by atoms with E-state index in [1.807, 2.05) is 0 Å². The van der Waals surface area contributed by atoms with Crippen LogP contribution in [0.1, 0.15) is 5.56 Å². The van der Waals surface area contributed by atoms with Crippen LogP contribution in [0.4, 0.5) is 0 Å². The van der Waals surface area contributed by atoms with Crippen LogP contribution in [0.3, 0.4) is 0 Å². The van der Waals surface area contributed by atoms with E-state index >= 15 is 0 Å². The van der Waals surface area contributed by atoms with Gasteiger partial charge in [-0.1, -0.05) is 24.3 Å². The van der Waals surface area contributed by atoms with Gasteiger partial charge in [-0.3, -0.25) is 9.59 Å². The molecule has 8 nitrogen and oxygen atoms in total. The van der Waals surface area contributed by atoms with E-state index in [0.717, 1.165) is 0 Å². The molecule has 0 spiro atoms. The van der Waals surface area contributed by atoms with Gasteiger partial charge < -0.3 is 15.3 Å². The minimum atomic E-state index is -4.40. The van der Waals surface area contributed by atoms with Crippen LogP contribution in [-0.2, 0) is 19.6 Å². The van der Waals surface area contributed by atoms with E-state index in [-0.39, 0.29) is 27.0 Å². The van der Waals surface area contributed by atoms with Crippen LogP contribution in [0.5, 0.6) is 5.75 Å². The second-order valence-corrected chi connectivity index (χ2v) is 7.05. The average molecular weight is 353 g/mol. The molecule has 0 fully saturated rings. The van der Waals surface area contributed by atoms with Gasteiger partial charge in [-0.2, -0.15) is 4.31 Å². The van der Waals surface area contributed by atoms with Crippen molar-refractivity contribution in [2.24, 2.45) is 0 Å². The number of phenolic OH excluding ortho intramolecular Hbond substituents is 1. The molecule has 2 rings (SSSR count). The Morgan fingerprint density at radius 2 is 1.54 bits per heavy atom. The maximum Gasteiger partial charge on any atom is 0.318 e. The van der Waals surface area contributed by atoms with Crippen LogP contribution in [-0.4, -0.2) is 53.1 Å². The lowest BCUT2D eigenvalue weighted by Gasteiger charge is -2.20. The Morgan fingerprint density at radius 1 is 1.04 bits per heavy atom. The number of aliphatic carboxylic acids is 2. The molecule has 0 saturated heterocycles. The monoisotopic (exact) mass is 353 g/mol. The molecule has 2 aromatic rings. The van der Waals surface area contributed by atoms with Crippen molar-refractivity contribution in [2.75, 3.05) is 13.1 Å². The summed E-state index contributed by atoms with van der Waals surface area (Å²) in [6.45, 7) is -0.467. The Balaban J connectivity index is 2.71. The fraction of sp³-hybridized carbons (Fsp3) is 0.200. The van der Waals surface area contributed by atoms with Gasteiger partial charge in [0.05, 0.1) is 4.90 Å². The van der Waals surface area contributed by atoms with E-state index in [1.165, 1.54) is 25.1 Å². The van der Waals surface area contributed by atoms with Gasteiger partial charge in [0.1, 0.15) is 18.8 Å². The molecule has 128 valence electrons. The molecule has 3 N–H and O–H groups in total. The van der Waals surface area contributed by atoms with Crippen molar-refractivity contribution >= 4 is 32.7 Å². The van der Waals surface area contributed by atoms with Gasteiger partial charge in [0, 0.05) is 10.8 Å². The number of carboxylic acids is 2. The van der Waals surface area contributed by atoms with Gasteiger partial charge in [-0.15, -0.1) is 0 Å². The number of aryl methyl sites for hydroxylation is 1. The first-order valence-corrected chi connectivity index (χ1v) is 8.23. The van der Waals surface area contributed by atoms with Crippen LogP contribution < -0.4 is 0 Å². The van der Waals surface area contributed by atoms with Gasteiger partial charge in [-0.05, 0) is 18.6 Å². The minimum absolute atomic E-state index is 0.0902. The number of carbonyl (C=O) groups is 2. The Labute approximate surface area is 137 Å². The SMILES string of the molecule is Cc1cc(S(=O)(=O)N(CC(=O)O)CC(=O)O)c2ccccc2c1O. The summed E-state index contributed by atoms with van der Waals surface area (Å²) in [7, 11) is -4.40. The first-order valence-electron chi connectivity index (χ1n) is 6.79. The van der Waals surface area contributed by atoms with Crippen molar-refractivity contribution in [3.05, 3.63) is 35.9 Å². The molecule has 0 unspecified atom stereocenters. The number of aromatic hydroxyl groups is 1. The molecule has 0 bridgehead atoms. The number of hydrogen-bond donors (Lipinski definition) is 3. The van der Waals surface area contributed by atoms with Gasteiger partial charge in [0.25, 0.3) is 0 Å². The summed E-state index contributed by atoms with van der Waals surface area (Å²) in [5, 5.41) is 28.3. The molecule has 0 saturated carbocycles. The van der Waals surface area contributed by atoms with Gasteiger partial charge in [0.15, 0.2) is 0 Å². The highest BCUT2D eigenvalue weighted by molar-refractivity contribution is 7.89. The number of sulfonamides is 1. The second-order valence-electron chi connectivity index (χ2n) is 5.15. The largest absolute Gasteiger partial charge is 0.507 e. The molecule has 0 aliphatic rings. The van der Waals surface area contributed by atoms with E-state index < -0.39 is 35.1 Å². The van der Waals surface area contributed by atoms with Crippen molar-refractivity contribution in [3.63, 3.8) is 0 Å². The van der Waals surface area contributed by atoms with E-state index in [1.54, 1.807) is 12.1 Å². The Hall–Kier alpha value is -2.65. The van der Waals surface area contributed by atoms with Crippen LogP contribution in [0.15, 0.2) is 35.2 Å². The molecule has 0 heterocycles. The molecule has 0 radical (unpaired) electrons. The van der Waals surface area contributed by atoms with Crippen LogP contribution in [0.25, 0.3) is 10.8 Å². The normalized spacial score (nSPS) is 11.8. The third-order valence-electron chi connectivity index (χ3n) is 3.41. The topological polar surface area (TPSA) is 132 Å². The average Bonchev–Trinajstić information content (AvgIpc) is 2.49. The molecule has 0 aliphatic carbocycles. The number of fused-ring (bicyclic) bond motifs is 1. The van der Waals surface area contributed by atoms with E-state index in [9.17, 15) is 23.1 Å². The van der Waals surface area contributed by atoms with Crippen LogP contribution in [0, 0.1) is 6.92 Å². The molecular weight excluding hydrogens is 338 g/mol. The Kier molecular flexibility index (Phi) is 4.76. The predicted molar refractivity (Wildman–Crippen MR) is 84.4 cm³/mol. The summed E-state index contributed by atoms with van der Waals surface area (Å²) in [6.07, 6.45) is 0. The van der Waals surface area contributed by atoms with E-state index in [4.69, 9.17) is 10.2 Å². The number of benzene rings is 2. The maximum atomic E-state index is 12.8. The number of rotatable bonds is 6. The third kappa shape index (κ3) is 3.31. The van der Waals surface area contributed by atoms with Crippen LogP contribution >= 0.6 is 0 Å². The highest BCUT2D eigenvalue weighted by atomic mass is 32.2. The van der Waals surface area contributed by atoms with Crippen molar-refractivity contribution < 1.29 is 33.3 Å². The highest BCUT2D eigenvalue weighted by Gasteiger charge is 2.30. The zero-order valence-electron chi connectivity index (χ0n) is 12.6. The fourth-order valence-corrected chi connectivity index (χ4v) is 3.96. The second kappa shape index (κ2) is 6.46. The van der Waals surface area contributed by atoms with Crippen molar-refractivity contribution in [1.29, 1.82) is 0 Å². The molecule has 2 aromatic carbocycles. The molecule has 0 aliphatic heterocycles. The number of phenols is 1. The molecule has 9 heteroatoms. The third-order valence-corrected chi connectivity index (χ3v) is 5.24. The van der Waals surface area contributed by atoms with Crippen molar-refractivity contribution in [2.45, 2.75) is 11.8 Å². The van der Waals surface area contributed by atoms with Gasteiger partial charge in [-0.25, -0.2) is 8.42 Å². The quantitative estimate of drug-likeness (QED) is 0.706. The molecule has 0 atom stereocenters. The summed E-state index contributed by atoms with van der Waals surface area (Å²) < 4.78 is 26.0. The maximum absolute atomic E-state index is 12.8. The fourth-order valence-electron chi connectivity index (χ4n) is 2.34. The molecule has 0 amide bonds. The van der Waals surface area contributed by atoms with Crippen LogP contribution in [0.2, 0.25) is 0 Å². The summed E-state index contributed by atoms with van der Waals surface area (Å²) in [5.41, 5.74) is 0.276. The zero-order chi connectivity index (χ0) is 18.1. The number of nitrogens with zero attached hydrogens (tertiary/aromatic N) is 1. The van der Waals surface area contributed by atoms with E-state index in [2.05, 4.69) is 0 Å². The zero-order valence-corrected chi connectivity index (χ0v) is 13.4. The lowest BCUT2D eigenvalue weighted by Crippen LogP contribution is -2.39. The summed E-state index contributed by atoms with van der Waals surface area (Å²) >= 11 is 0. The smallest absolute Gasteiger partial charge is 0.318 e.